The van der Waals surface area contributed by atoms with E-state index in [1.54, 1.807) is 48.8 Å². The Morgan fingerprint density at radius 2 is 1.82 bits per heavy atom. The molecule has 0 radical (unpaired) electrons. The molecule has 34 heavy (non-hydrogen) atoms. The number of aromatic nitrogens is 1. The molecule has 0 unspecified atom stereocenters. The Kier molecular flexibility index (Phi) is 8.60. The van der Waals surface area contributed by atoms with E-state index in [-0.39, 0.29) is 28.7 Å². The van der Waals surface area contributed by atoms with Crippen molar-refractivity contribution in [2.24, 2.45) is 0 Å². The van der Waals surface area contributed by atoms with Crippen molar-refractivity contribution in [3.63, 3.8) is 0 Å². The highest BCUT2D eigenvalue weighted by molar-refractivity contribution is 7.13. The Morgan fingerprint density at radius 1 is 1.12 bits per heavy atom. The zero-order valence-electron chi connectivity index (χ0n) is 18.8. The van der Waals surface area contributed by atoms with Gasteiger partial charge in [-0.1, -0.05) is 6.07 Å². The molecule has 2 heterocycles. The third-order valence-corrected chi connectivity index (χ3v) is 5.83. The minimum absolute atomic E-state index is 0.131. The zero-order valence-corrected chi connectivity index (χ0v) is 19.6. The lowest BCUT2D eigenvalue weighted by molar-refractivity contribution is -0.383. The number of nitrogens with one attached hydrogen (secondary N) is 5. The number of unbranched alkanes of at least 4 members (excludes halogenated alkanes) is 1. The Labute approximate surface area is 200 Å². The van der Waals surface area contributed by atoms with Gasteiger partial charge in [-0.15, -0.1) is 11.3 Å². The average molecular weight is 487 g/mol. The third-order valence-electron chi connectivity index (χ3n) is 4.94. The molecule has 1 aromatic carbocycles. The van der Waals surface area contributed by atoms with E-state index >= 15 is 0 Å². The number of hydrazine groups is 1. The van der Waals surface area contributed by atoms with Crippen molar-refractivity contribution in [2.75, 3.05) is 27.2 Å². The number of hydrogen-bond donors (Lipinski definition) is 5. The van der Waals surface area contributed by atoms with Crippen molar-refractivity contribution < 1.29 is 19.2 Å². The quantitative estimate of drug-likeness (QED) is 0.159. The largest absolute Gasteiger partial charge is 0.497 e. The van der Waals surface area contributed by atoms with Gasteiger partial charge in [0, 0.05) is 30.6 Å². The minimum Gasteiger partial charge on any atom is -0.497 e. The number of amides is 3. The monoisotopic (exact) mass is 486 g/mol. The maximum Gasteiger partial charge on any atom is 0.329 e. The number of benzene rings is 1. The number of hydrogen-bond acceptors (Lipinski definition) is 7. The Morgan fingerprint density at radius 3 is 2.41 bits per heavy atom. The van der Waals surface area contributed by atoms with Crippen LogP contribution in [0, 0.1) is 10.1 Å². The molecule has 0 spiro atoms. The summed E-state index contributed by atoms with van der Waals surface area (Å²) in [5, 5.41) is 19.4. The maximum absolute atomic E-state index is 13.0. The van der Waals surface area contributed by atoms with Crippen molar-refractivity contribution >= 4 is 29.0 Å². The van der Waals surface area contributed by atoms with Crippen LogP contribution in [-0.4, -0.2) is 49.1 Å². The second-order valence-corrected chi connectivity index (χ2v) is 8.10. The highest BCUT2D eigenvalue weighted by Crippen LogP contribution is 2.43. The lowest BCUT2D eigenvalue weighted by Gasteiger charge is -2.07. The molecule has 0 fully saturated rings. The molecule has 0 saturated heterocycles. The molecule has 0 aliphatic carbocycles. The number of methoxy groups -OCH3 is 1. The fourth-order valence-corrected chi connectivity index (χ4v) is 4.15. The van der Waals surface area contributed by atoms with Crippen LogP contribution in [0.25, 0.3) is 21.7 Å². The highest BCUT2D eigenvalue weighted by atomic mass is 32.1. The molecule has 11 nitrogen and oxygen atoms in total. The number of carbonyl (C=O) groups excluding carboxylic acids is 2. The molecule has 0 aliphatic heterocycles. The van der Waals surface area contributed by atoms with Gasteiger partial charge in [0.1, 0.15) is 22.7 Å². The number of thiophene rings is 1. The van der Waals surface area contributed by atoms with Crippen molar-refractivity contribution in [2.45, 2.75) is 12.8 Å². The van der Waals surface area contributed by atoms with Crippen LogP contribution in [0.3, 0.4) is 0 Å². The van der Waals surface area contributed by atoms with Gasteiger partial charge >= 0.3 is 11.7 Å². The molecule has 0 bridgehead atoms. The second kappa shape index (κ2) is 11.8. The molecule has 3 rings (SSSR count). The van der Waals surface area contributed by atoms with Gasteiger partial charge in [0.15, 0.2) is 0 Å². The van der Waals surface area contributed by atoms with Crippen molar-refractivity contribution in [1.82, 2.24) is 26.5 Å². The summed E-state index contributed by atoms with van der Waals surface area (Å²) < 4.78 is 5.17. The molecule has 180 valence electrons. The lowest BCUT2D eigenvalue weighted by atomic mass is 10.1. The highest BCUT2D eigenvalue weighted by Gasteiger charge is 2.32. The molecule has 0 aliphatic rings. The van der Waals surface area contributed by atoms with E-state index in [1.807, 2.05) is 0 Å². The standard InChI is InChI=1S/C22H26N6O5S/c1-23-27-22(30)25-12-4-3-11-24-21(29)19-17(16-6-5-13-34-16)20(28(31)32)18(26-19)14-7-9-15(33-2)10-8-14/h5-10,13,23,26H,3-4,11-12H2,1-2H3,(H,24,29)(H2,25,27,30). The van der Waals surface area contributed by atoms with E-state index in [4.69, 9.17) is 4.74 Å². The van der Waals surface area contributed by atoms with E-state index in [9.17, 15) is 19.7 Å². The molecule has 3 aromatic rings. The number of rotatable bonds is 11. The number of aromatic amines is 1. The number of nitrogens with zero attached hydrogens (tertiary/aromatic N) is 1. The molecule has 3 amide bonds. The van der Waals surface area contributed by atoms with Gasteiger partial charge < -0.3 is 20.4 Å². The predicted molar refractivity (Wildman–Crippen MR) is 130 cm³/mol. The molecule has 2 aromatic heterocycles. The minimum atomic E-state index is -0.468. The van der Waals surface area contributed by atoms with Gasteiger partial charge in [-0.25, -0.2) is 10.2 Å². The number of carbonyl (C=O) groups is 2. The van der Waals surface area contributed by atoms with E-state index < -0.39 is 10.8 Å². The molecule has 0 atom stereocenters. The first kappa shape index (κ1) is 24.7. The van der Waals surface area contributed by atoms with Gasteiger partial charge in [0.05, 0.1) is 12.0 Å². The SMILES string of the molecule is CNNC(=O)NCCCCNC(=O)c1[nH]c(-c2ccc(OC)cc2)c([N+](=O)[O-])c1-c1cccs1. The van der Waals surface area contributed by atoms with Crippen LogP contribution in [0.5, 0.6) is 5.75 Å². The first-order valence-corrected chi connectivity index (χ1v) is 11.4. The normalized spacial score (nSPS) is 10.5. The summed E-state index contributed by atoms with van der Waals surface area (Å²) in [7, 11) is 3.13. The molecule has 0 saturated carbocycles. The van der Waals surface area contributed by atoms with Crippen molar-refractivity contribution in [3.8, 4) is 27.4 Å². The summed E-state index contributed by atoms with van der Waals surface area (Å²) in [6.45, 7) is 0.794. The number of H-pyrrole nitrogens is 1. The Balaban J connectivity index is 1.81. The molecule has 5 N–H and O–H groups in total. The first-order valence-electron chi connectivity index (χ1n) is 10.5. The smallest absolute Gasteiger partial charge is 0.329 e. The van der Waals surface area contributed by atoms with Crippen LogP contribution in [0.2, 0.25) is 0 Å². The van der Waals surface area contributed by atoms with Crippen LogP contribution in [-0.2, 0) is 0 Å². The number of urea groups is 1. The van der Waals surface area contributed by atoms with Crippen molar-refractivity contribution in [1.29, 1.82) is 0 Å². The van der Waals surface area contributed by atoms with Gasteiger partial charge in [-0.3, -0.25) is 20.3 Å². The summed E-state index contributed by atoms with van der Waals surface area (Å²) in [6.07, 6.45) is 1.27. The molecular weight excluding hydrogens is 460 g/mol. The van der Waals surface area contributed by atoms with Crippen LogP contribution in [0.15, 0.2) is 41.8 Å². The Bertz CT molecular complexity index is 1130. The maximum atomic E-state index is 13.0. The summed E-state index contributed by atoms with van der Waals surface area (Å²) in [4.78, 5) is 39.6. The zero-order chi connectivity index (χ0) is 24.5. The summed E-state index contributed by atoms with van der Waals surface area (Å²) in [5.74, 6) is 0.180. The summed E-state index contributed by atoms with van der Waals surface area (Å²) in [6, 6.07) is 10.0. The van der Waals surface area contributed by atoms with E-state index in [0.29, 0.717) is 42.1 Å². The fraction of sp³-hybridized carbons (Fsp3) is 0.273. The van der Waals surface area contributed by atoms with Gasteiger partial charge in [-0.05, 0) is 48.6 Å². The third kappa shape index (κ3) is 5.91. The van der Waals surface area contributed by atoms with Crippen LogP contribution in [0.1, 0.15) is 23.3 Å². The van der Waals surface area contributed by atoms with E-state index in [0.717, 1.165) is 0 Å². The van der Waals surface area contributed by atoms with E-state index in [2.05, 4.69) is 26.5 Å². The summed E-state index contributed by atoms with van der Waals surface area (Å²) >= 11 is 1.32. The average Bonchev–Trinajstić information content (AvgIpc) is 3.49. The van der Waals surface area contributed by atoms with Gasteiger partial charge in [0.25, 0.3) is 5.91 Å². The second-order valence-electron chi connectivity index (χ2n) is 7.16. The van der Waals surface area contributed by atoms with Crippen LogP contribution < -0.4 is 26.2 Å². The van der Waals surface area contributed by atoms with E-state index in [1.165, 1.54) is 18.4 Å². The lowest BCUT2D eigenvalue weighted by Crippen LogP contribution is -2.42. The molecular formula is C22H26N6O5S. The van der Waals surface area contributed by atoms with Crippen molar-refractivity contribution in [3.05, 3.63) is 57.6 Å². The van der Waals surface area contributed by atoms with Gasteiger partial charge in [-0.2, -0.15) is 0 Å². The topological polar surface area (TPSA) is 150 Å². The molecule has 12 heteroatoms. The number of nitro groups is 1. The van der Waals surface area contributed by atoms with Gasteiger partial charge in [0.2, 0.25) is 0 Å². The van der Waals surface area contributed by atoms with Crippen LogP contribution in [0.4, 0.5) is 10.5 Å². The Hall–Kier alpha value is -3.90. The predicted octanol–water partition coefficient (Wildman–Crippen LogP) is 3.27. The number of ether oxygens (including phenoxy) is 1. The first-order chi connectivity index (χ1) is 16.5. The van der Waals surface area contributed by atoms with Crippen LogP contribution >= 0.6 is 11.3 Å². The fourth-order valence-electron chi connectivity index (χ4n) is 3.37. The summed E-state index contributed by atoms with van der Waals surface area (Å²) in [5.41, 5.74) is 5.97.